The van der Waals surface area contributed by atoms with Crippen LogP contribution in [0.25, 0.3) is 0 Å². The van der Waals surface area contributed by atoms with Gasteiger partial charge >= 0.3 is 6.18 Å². The van der Waals surface area contributed by atoms with Gasteiger partial charge in [0.15, 0.2) is 5.11 Å². The lowest BCUT2D eigenvalue weighted by Gasteiger charge is -2.23. The molecule has 0 saturated heterocycles. The Balaban J connectivity index is 2.06. The Morgan fingerprint density at radius 3 is 2.11 bits per heavy atom. The highest BCUT2D eigenvalue weighted by atomic mass is 32.1. The van der Waals surface area contributed by atoms with Crippen molar-refractivity contribution in [2.75, 3.05) is 12.4 Å². The highest BCUT2D eigenvalue weighted by Gasteiger charge is 2.30. The third kappa shape index (κ3) is 6.43. The Hall–Kier alpha value is -2.28. The van der Waals surface area contributed by atoms with Crippen molar-refractivity contribution in [2.24, 2.45) is 5.92 Å². The molecular formula is C20H23F3N2OS. The maximum Gasteiger partial charge on any atom is 0.416 e. The Morgan fingerprint density at radius 2 is 1.63 bits per heavy atom. The van der Waals surface area contributed by atoms with E-state index >= 15 is 0 Å². The van der Waals surface area contributed by atoms with Crippen LogP contribution in [0.4, 0.5) is 18.9 Å². The van der Waals surface area contributed by atoms with E-state index in [1.54, 1.807) is 7.11 Å². The van der Waals surface area contributed by atoms with Crippen molar-refractivity contribution in [3.63, 3.8) is 0 Å². The number of benzene rings is 2. The molecular weight excluding hydrogens is 373 g/mol. The van der Waals surface area contributed by atoms with Crippen molar-refractivity contribution in [1.29, 1.82) is 0 Å². The summed E-state index contributed by atoms with van der Waals surface area (Å²) in [4.78, 5) is 0. The van der Waals surface area contributed by atoms with Crippen molar-refractivity contribution in [1.82, 2.24) is 5.32 Å². The van der Waals surface area contributed by atoms with E-state index in [-0.39, 0.29) is 6.04 Å². The van der Waals surface area contributed by atoms with E-state index in [0.29, 0.717) is 16.7 Å². The smallest absolute Gasteiger partial charge is 0.416 e. The summed E-state index contributed by atoms with van der Waals surface area (Å²) in [7, 11) is 1.61. The molecule has 0 radical (unpaired) electrons. The molecule has 0 bridgehead atoms. The first-order valence-electron chi connectivity index (χ1n) is 8.57. The zero-order valence-corrected chi connectivity index (χ0v) is 16.2. The average Bonchev–Trinajstić information content (AvgIpc) is 2.60. The van der Waals surface area contributed by atoms with Gasteiger partial charge in [0.2, 0.25) is 0 Å². The number of hydrogen-bond donors (Lipinski definition) is 2. The van der Waals surface area contributed by atoms with Crippen LogP contribution in [0.15, 0.2) is 48.5 Å². The van der Waals surface area contributed by atoms with Crippen LogP contribution in [0.2, 0.25) is 0 Å². The van der Waals surface area contributed by atoms with Gasteiger partial charge in [0.25, 0.3) is 0 Å². The van der Waals surface area contributed by atoms with Crippen LogP contribution in [0.1, 0.15) is 37.4 Å². The fourth-order valence-corrected chi connectivity index (χ4v) is 2.91. The molecule has 0 unspecified atom stereocenters. The van der Waals surface area contributed by atoms with Crippen LogP contribution >= 0.6 is 12.2 Å². The Bertz CT molecular complexity index is 743. The molecule has 3 nitrogen and oxygen atoms in total. The van der Waals surface area contributed by atoms with E-state index in [4.69, 9.17) is 17.0 Å². The fourth-order valence-electron chi connectivity index (χ4n) is 2.65. The van der Waals surface area contributed by atoms with Gasteiger partial charge in [0, 0.05) is 5.69 Å². The first-order chi connectivity index (χ1) is 12.7. The van der Waals surface area contributed by atoms with Gasteiger partial charge in [-0.2, -0.15) is 13.2 Å². The van der Waals surface area contributed by atoms with Crippen molar-refractivity contribution < 1.29 is 17.9 Å². The standard InChI is InChI=1S/C20H23F3N2OS/c1-13(2)12-18(14-4-10-17(26-3)11-5-14)25-19(27)24-16-8-6-15(7-9-16)20(21,22)23/h4-11,13,18H,12H2,1-3H3,(H2,24,25,27)/t18-/m1/s1. The summed E-state index contributed by atoms with van der Waals surface area (Å²) in [6, 6.07) is 12.5. The van der Waals surface area contributed by atoms with Gasteiger partial charge < -0.3 is 15.4 Å². The lowest BCUT2D eigenvalue weighted by atomic mass is 9.97. The van der Waals surface area contributed by atoms with Gasteiger partial charge in [0.1, 0.15) is 5.75 Å². The Labute approximate surface area is 162 Å². The van der Waals surface area contributed by atoms with Crippen LogP contribution in [0.5, 0.6) is 5.75 Å². The number of rotatable bonds is 6. The highest BCUT2D eigenvalue weighted by molar-refractivity contribution is 7.80. The lowest BCUT2D eigenvalue weighted by molar-refractivity contribution is -0.137. The first kappa shape index (κ1) is 21.0. The number of nitrogens with one attached hydrogen (secondary N) is 2. The molecule has 146 valence electrons. The zero-order chi connectivity index (χ0) is 20.0. The lowest BCUT2D eigenvalue weighted by Crippen LogP contribution is -2.33. The molecule has 2 aromatic carbocycles. The SMILES string of the molecule is COc1ccc([C@@H](CC(C)C)NC(=S)Nc2ccc(C(F)(F)F)cc2)cc1. The molecule has 0 amide bonds. The molecule has 0 aliphatic rings. The molecule has 0 saturated carbocycles. The summed E-state index contributed by atoms with van der Waals surface area (Å²) in [6.45, 7) is 4.23. The number of anilines is 1. The molecule has 2 rings (SSSR count). The van der Waals surface area contributed by atoms with Crippen molar-refractivity contribution >= 4 is 23.0 Å². The monoisotopic (exact) mass is 396 g/mol. The zero-order valence-electron chi connectivity index (χ0n) is 15.4. The molecule has 7 heteroatoms. The Morgan fingerprint density at radius 1 is 1.04 bits per heavy atom. The van der Waals surface area contributed by atoms with Crippen molar-refractivity contribution in [3.8, 4) is 5.75 Å². The molecule has 1 atom stereocenters. The van der Waals surface area contributed by atoms with E-state index < -0.39 is 11.7 Å². The molecule has 0 aromatic heterocycles. The van der Waals surface area contributed by atoms with Gasteiger partial charge in [-0.25, -0.2) is 0 Å². The van der Waals surface area contributed by atoms with Crippen molar-refractivity contribution in [3.05, 3.63) is 59.7 Å². The molecule has 0 fully saturated rings. The average molecular weight is 396 g/mol. The van der Waals surface area contributed by atoms with E-state index in [2.05, 4.69) is 24.5 Å². The minimum absolute atomic E-state index is 0.0228. The quantitative estimate of drug-likeness (QED) is 0.606. The number of halogens is 3. The second-order valence-corrected chi connectivity index (χ2v) is 7.04. The number of hydrogen-bond acceptors (Lipinski definition) is 2. The van der Waals surface area contributed by atoms with Crippen LogP contribution in [-0.2, 0) is 6.18 Å². The number of alkyl halides is 3. The second kappa shape index (κ2) is 9.08. The summed E-state index contributed by atoms with van der Waals surface area (Å²) in [5.41, 5.74) is 0.863. The summed E-state index contributed by atoms with van der Waals surface area (Å²) in [5, 5.41) is 6.56. The molecule has 0 spiro atoms. The minimum atomic E-state index is -4.35. The molecule has 0 heterocycles. The summed E-state index contributed by atoms with van der Waals surface area (Å²) in [5.74, 6) is 1.20. The topological polar surface area (TPSA) is 33.3 Å². The van der Waals surface area contributed by atoms with Gasteiger partial charge in [-0.05, 0) is 66.5 Å². The maximum atomic E-state index is 12.6. The van der Waals surface area contributed by atoms with Crippen molar-refractivity contribution in [2.45, 2.75) is 32.5 Å². The van der Waals surface area contributed by atoms with Gasteiger partial charge in [-0.15, -0.1) is 0 Å². The van der Waals surface area contributed by atoms with E-state index in [1.165, 1.54) is 12.1 Å². The third-order valence-corrected chi connectivity index (χ3v) is 4.22. The molecule has 0 aliphatic heterocycles. The van der Waals surface area contributed by atoms with Crippen LogP contribution in [0.3, 0.4) is 0 Å². The number of methoxy groups -OCH3 is 1. The summed E-state index contributed by atoms with van der Waals surface area (Å²) >= 11 is 5.35. The van der Waals surface area contributed by atoms with Gasteiger partial charge in [0.05, 0.1) is 18.7 Å². The predicted molar refractivity (Wildman–Crippen MR) is 106 cm³/mol. The Kier molecular flexibility index (Phi) is 7.07. The first-order valence-corrected chi connectivity index (χ1v) is 8.98. The van der Waals surface area contributed by atoms with E-state index in [9.17, 15) is 13.2 Å². The normalized spacial score (nSPS) is 12.6. The summed E-state index contributed by atoms with van der Waals surface area (Å²) < 4.78 is 43.1. The summed E-state index contributed by atoms with van der Waals surface area (Å²) in [6.07, 6.45) is -3.50. The second-order valence-electron chi connectivity index (χ2n) is 6.63. The minimum Gasteiger partial charge on any atom is -0.497 e. The fraction of sp³-hybridized carbons (Fsp3) is 0.350. The van der Waals surface area contributed by atoms with E-state index in [1.807, 2.05) is 24.3 Å². The van der Waals surface area contributed by atoms with Crippen LogP contribution in [0, 0.1) is 5.92 Å². The molecule has 27 heavy (non-hydrogen) atoms. The molecule has 2 aromatic rings. The molecule has 2 N–H and O–H groups in total. The number of ether oxygens (including phenoxy) is 1. The van der Waals surface area contributed by atoms with Gasteiger partial charge in [-0.3, -0.25) is 0 Å². The maximum absolute atomic E-state index is 12.6. The predicted octanol–water partition coefficient (Wildman–Crippen LogP) is 5.79. The van der Waals surface area contributed by atoms with Gasteiger partial charge in [-0.1, -0.05) is 26.0 Å². The third-order valence-electron chi connectivity index (χ3n) is 4.00. The van der Waals surface area contributed by atoms with Crippen LogP contribution in [-0.4, -0.2) is 12.2 Å². The largest absolute Gasteiger partial charge is 0.497 e. The highest BCUT2D eigenvalue weighted by Crippen LogP contribution is 2.30. The van der Waals surface area contributed by atoms with E-state index in [0.717, 1.165) is 29.9 Å². The number of thiocarbonyl (C=S) groups is 1. The molecule has 0 aliphatic carbocycles. The van der Waals surface area contributed by atoms with Crippen LogP contribution < -0.4 is 15.4 Å².